The molecule has 1 aromatic rings. The fourth-order valence-electron chi connectivity index (χ4n) is 2.37. The number of hydrogen-bond donors (Lipinski definition) is 1. The molecule has 2 rings (SSSR count). The number of carbonyl (C=O) groups excluding carboxylic acids is 1. The monoisotopic (exact) mass is 400 g/mol. The highest BCUT2D eigenvalue weighted by Crippen LogP contribution is 2.30. The fourth-order valence-corrected chi connectivity index (χ4v) is 7.15. The van der Waals surface area contributed by atoms with Crippen LogP contribution in [0.15, 0.2) is 16.3 Å². The minimum absolute atomic E-state index is 0.107. The molecule has 0 radical (unpaired) electrons. The highest BCUT2D eigenvalue weighted by molar-refractivity contribution is 7.92. The third-order valence-electron chi connectivity index (χ3n) is 3.66. The minimum atomic E-state index is -3.64. The molecule has 1 aliphatic rings. The van der Waals surface area contributed by atoms with Crippen LogP contribution >= 0.6 is 22.9 Å². The van der Waals surface area contributed by atoms with E-state index in [1.54, 1.807) is 0 Å². The number of sulfonamides is 1. The second-order valence-electron chi connectivity index (χ2n) is 5.14. The van der Waals surface area contributed by atoms with Gasteiger partial charge in [-0.1, -0.05) is 11.6 Å². The van der Waals surface area contributed by atoms with E-state index >= 15 is 0 Å². The van der Waals surface area contributed by atoms with Crippen LogP contribution in [0.4, 0.5) is 0 Å². The van der Waals surface area contributed by atoms with E-state index in [9.17, 15) is 21.6 Å². The van der Waals surface area contributed by atoms with Crippen molar-refractivity contribution >= 4 is 48.7 Å². The molecule has 0 atom stereocenters. The third kappa shape index (κ3) is 4.24. The van der Waals surface area contributed by atoms with Gasteiger partial charge in [-0.2, -0.15) is 4.31 Å². The number of thiophene rings is 1. The summed E-state index contributed by atoms with van der Waals surface area (Å²) < 4.78 is 51.0. The Balaban J connectivity index is 2.05. The van der Waals surface area contributed by atoms with Crippen LogP contribution in [-0.4, -0.2) is 58.2 Å². The summed E-state index contributed by atoms with van der Waals surface area (Å²) in [6, 6.07) is 2.95. The Hall–Kier alpha value is -0.680. The average Bonchev–Trinajstić information content (AvgIpc) is 2.94. The molecule has 1 N–H and O–H groups in total. The number of amides is 1. The van der Waals surface area contributed by atoms with E-state index in [0.29, 0.717) is 4.34 Å². The summed E-state index contributed by atoms with van der Waals surface area (Å²) >= 11 is 6.74. The smallest absolute Gasteiger partial charge is 0.252 e. The van der Waals surface area contributed by atoms with Gasteiger partial charge in [0, 0.05) is 20.1 Å². The van der Waals surface area contributed by atoms with Gasteiger partial charge in [0.25, 0.3) is 10.0 Å². The number of sulfone groups is 1. The number of nitrogens with one attached hydrogen (secondary N) is 1. The molecule has 1 aliphatic heterocycles. The molecule has 7 nitrogen and oxygen atoms in total. The van der Waals surface area contributed by atoms with Crippen molar-refractivity contribution in [2.24, 2.45) is 0 Å². The molecule has 0 bridgehead atoms. The molecule has 130 valence electrons. The fraction of sp³-hybridized carbons (Fsp3) is 0.583. The topological polar surface area (TPSA) is 101 Å². The minimum Gasteiger partial charge on any atom is -0.358 e. The van der Waals surface area contributed by atoms with Crippen LogP contribution < -0.4 is 5.32 Å². The molecule has 0 unspecified atom stereocenters. The Bertz CT molecular complexity index is 779. The van der Waals surface area contributed by atoms with Crippen molar-refractivity contribution in [1.29, 1.82) is 0 Å². The highest BCUT2D eigenvalue weighted by atomic mass is 35.5. The van der Waals surface area contributed by atoms with Crippen molar-refractivity contribution in [3.8, 4) is 0 Å². The lowest BCUT2D eigenvalue weighted by Crippen LogP contribution is -2.44. The largest absolute Gasteiger partial charge is 0.358 e. The lowest BCUT2D eigenvalue weighted by atomic mass is 10.2. The standard InChI is InChI=1S/C12H17ClN2O5S3/c1-14-11(16)8-22(17,18)9-4-6-15(7-5-9)23(19,20)12-3-2-10(13)21-12/h2-3,9H,4-8H2,1H3,(H,14,16). The lowest BCUT2D eigenvalue weighted by molar-refractivity contribution is -0.118. The molecule has 1 amide bonds. The van der Waals surface area contributed by atoms with Crippen LogP contribution in [0.2, 0.25) is 4.34 Å². The van der Waals surface area contributed by atoms with Crippen LogP contribution in [0.1, 0.15) is 12.8 Å². The second-order valence-corrected chi connectivity index (χ2v) is 11.3. The van der Waals surface area contributed by atoms with E-state index in [4.69, 9.17) is 11.6 Å². The van der Waals surface area contributed by atoms with Gasteiger partial charge < -0.3 is 5.32 Å². The molecule has 1 aromatic heterocycles. The molecule has 23 heavy (non-hydrogen) atoms. The quantitative estimate of drug-likeness (QED) is 0.784. The first-order chi connectivity index (χ1) is 10.7. The summed E-state index contributed by atoms with van der Waals surface area (Å²) in [4.78, 5) is 11.3. The van der Waals surface area contributed by atoms with Gasteiger partial charge in [-0.3, -0.25) is 4.79 Å². The first-order valence-electron chi connectivity index (χ1n) is 6.84. The summed E-state index contributed by atoms with van der Waals surface area (Å²) in [5, 5.41) is 1.59. The van der Waals surface area contributed by atoms with Crippen molar-refractivity contribution in [2.75, 3.05) is 25.9 Å². The molecule has 0 aromatic carbocycles. The van der Waals surface area contributed by atoms with Crippen molar-refractivity contribution in [3.05, 3.63) is 16.5 Å². The zero-order valence-electron chi connectivity index (χ0n) is 12.4. The number of nitrogens with zero attached hydrogens (tertiary/aromatic N) is 1. The molecule has 1 fully saturated rings. The van der Waals surface area contributed by atoms with Crippen molar-refractivity contribution in [2.45, 2.75) is 22.3 Å². The van der Waals surface area contributed by atoms with Crippen LogP contribution in [0.25, 0.3) is 0 Å². The molecule has 1 saturated heterocycles. The van der Waals surface area contributed by atoms with E-state index in [0.717, 1.165) is 11.3 Å². The average molecular weight is 401 g/mol. The maximum atomic E-state index is 12.4. The first-order valence-corrected chi connectivity index (χ1v) is 11.2. The Morgan fingerprint density at radius 2 is 1.91 bits per heavy atom. The normalized spacial score (nSPS) is 18.0. The predicted octanol–water partition coefficient (Wildman–Crippen LogP) is 0.715. The Labute approximate surface area is 144 Å². The van der Waals surface area contributed by atoms with Gasteiger partial charge >= 0.3 is 0 Å². The molecule has 0 aliphatic carbocycles. The van der Waals surface area contributed by atoms with Gasteiger partial charge in [0.1, 0.15) is 9.96 Å². The van der Waals surface area contributed by atoms with Crippen LogP contribution in [0.5, 0.6) is 0 Å². The zero-order chi connectivity index (χ0) is 17.3. The van der Waals surface area contributed by atoms with Gasteiger partial charge in [0.05, 0.1) is 9.59 Å². The van der Waals surface area contributed by atoms with Gasteiger partial charge in [-0.05, 0) is 25.0 Å². The van der Waals surface area contributed by atoms with Gasteiger partial charge in [0.2, 0.25) is 5.91 Å². The molecular formula is C12H17ClN2O5S3. The number of piperidine rings is 1. The number of hydrogen-bond acceptors (Lipinski definition) is 6. The first kappa shape index (κ1) is 18.7. The number of carbonyl (C=O) groups is 1. The maximum Gasteiger partial charge on any atom is 0.252 e. The van der Waals surface area contributed by atoms with Crippen molar-refractivity contribution in [1.82, 2.24) is 9.62 Å². The maximum absolute atomic E-state index is 12.4. The highest BCUT2D eigenvalue weighted by Gasteiger charge is 2.36. The second kappa shape index (κ2) is 7.06. The summed E-state index contributed by atoms with van der Waals surface area (Å²) in [6.07, 6.45) is 0.356. The molecule has 11 heteroatoms. The van der Waals surface area contributed by atoms with Gasteiger partial charge in [0.15, 0.2) is 9.84 Å². The van der Waals surface area contributed by atoms with E-state index in [2.05, 4.69) is 5.32 Å². The number of rotatable bonds is 5. The Kier molecular flexibility index (Phi) is 5.72. The summed E-state index contributed by atoms with van der Waals surface area (Å²) in [6.45, 7) is 0.213. The Morgan fingerprint density at radius 1 is 1.30 bits per heavy atom. The van der Waals surface area contributed by atoms with Crippen molar-refractivity contribution < 1.29 is 21.6 Å². The molecule has 0 saturated carbocycles. The lowest BCUT2D eigenvalue weighted by Gasteiger charge is -2.30. The van der Waals surface area contributed by atoms with Gasteiger partial charge in [-0.15, -0.1) is 11.3 Å². The summed E-state index contributed by atoms with van der Waals surface area (Å²) in [5.41, 5.74) is 0. The summed E-state index contributed by atoms with van der Waals surface area (Å²) in [7, 11) is -5.85. The zero-order valence-corrected chi connectivity index (χ0v) is 15.6. The van der Waals surface area contributed by atoms with E-state index in [-0.39, 0.29) is 30.1 Å². The molecule has 0 spiro atoms. The summed E-state index contributed by atoms with van der Waals surface area (Å²) in [5.74, 6) is -1.13. The number of halogens is 1. The SMILES string of the molecule is CNC(=O)CS(=O)(=O)C1CCN(S(=O)(=O)c2ccc(Cl)s2)CC1. The van der Waals surface area contributed by atoms with Crippen LogP contribution in [-0.2, 0) is 24.7 Å². The van der Waals surface area contributed by atoms with Gasteiger partial charge in [-0.25, -0.2) is 16.8 Å². The van der Waals surface area contributed by atoms with Crippen LogP contribution in [0, 0.1) is 0 Å². The van der Waals surface area contributed by atoms with Crippen molar-refractivity contribution in [3.63, 3.8) is 0 Å². The Morgan fingerprint density at radius 3 is 2.39 bits per heavy atom. The van der Waals surface area contributed by atoms with Crippen LogP contribution in [0.3, 0.4) is 0 Å². The van der Waals surface area contributed by atoms with E-state index < -0.39 is 36.8 Å². The van der Waals surface area contributed by atoms with E-state index in [1.807, 2.05) is 0 Å². The van der Waals surface area contributed by atoms with E-state index in [1.165, 1.54) is 23.5 Å². The molecule has 2 heterocycles. The third-order valence-corrected chi connectivity index (χ3v) is 9.41. The molecular weight excluding hydrogens is 384 g/mol. The predicted molar refractivity (Wildman–Crippen MR) is 89.0 cm³/mol.